The first-order chi connectivity index (χ1) is 8.90. The third kappa shape index (κ3) is 3.91. The topological polar surface area (TPSA) is 61.8 Å². The van der Waals surface area contributed by atoms with E-state index in [-0.39, 0.29) is 12.1 Å². The zero-order valence-corrected chi connectivity index (χ0v) is 12.2. The first kappa shape index (κ1) is 14.8. The van der Waals surface area contributed by atoms with E-state index in [0.717, 1.165) is 32.5 Å². The van der Waals surface area contributed by atoms with Gasteiger partial charge in [-0.05, 0) is 40.0 Å². The van der Waals surface area contributed by atoms with E-state index in [1.54, 1.807) is 0 Å². The van der Waals surface area contributed by atoms with Gasteiger partial charge in [0, 0.05) is 25.2 Å². The summed E-state index contributed by atoms with van der Waals surface area (Å²) in [6.45, 7) is 8.52. The van der Waals surface area contributed by atoms with Gasteiger partial charge in [-0.2, -0.15) is 0 Å². The summed E-state index contributed by atoms with van der Waals surface area (Å²) in [7, 11) is 0. The highest BCUT2D eigenvalue weighted by Crippen LogP contribution is 2.26. The molecule has 1 saturated carbocycles. The highest BCUT2D eigenvalue weighted by atomic mass is 16.5. The molecule has 0 amide bonds. The van der Waals surface area contributed by atoms with Gasteiger partial charge in [0.25, 0.3) is 0 Å². The molecule has 0 bridgehead atoms. The maximum absolute atomic E-state index is 11.6. The van der Waals surface area contributed by atoms with Gasteiger partial charge in [0.1, 0.15) is 5.54 Å². The summed E-state index contributed by atoms with van der Waals surface area (Å²) in [6.07, 6.45) is 3.08. The molecule has 0 aromatic heterocycles. The normalized spacial score (nSPS) is 29.7. The lowest BCUT2D eigenvalue weighted by atomic mass is 9.92. The van der Waals surface area contributed by atoms with Crippen molar-refractivity contribution in [1.29, 1.82) is 0 Å². The standard InChI is InChI=1S/C14H26N2O3/c1-10(16-6-7-19-11(2)9-16)8-14(3,13(17)18)15-12-4-5-12/h10-12,15H,4-9H2,1-3H3,(H,17,18). The number of morpholine rings is 1. The average molecular weight is 270 g/mol. The minimum absolute atomic E-state index is 0.240. The van der Waals surface area contributed by atoms with Gasteiger partial charge in [-0.3, -0.25) is 15.0 Å². The van der Waals surface area contributed by atoms with Crippen LogP contribution in [0.15, 0.2) is 0 Å². The Labute approximate surface area is 115 Å². The molecule has 2 aliphatic rings. The Morgan fingerprint density at radius 3 is 2.79 bits per heavy atom. The van der Waals surface area contributed by atoms with Crippen LogP contribution in [0, 0.1) is 0 Å². The second kappa shape index (κ2) is 5.77. The van der Waals surface area contributed by atoms with E-state index in [0.29, 0.717) is 12.5 Å². The lowest BCUT2D eigenvalue weighted by Gasteiger charge is -2.39. The number of hydrogen-bond donors (Lipinski definition) is 2. The molecule has 1 saturated heterocycles. The maximum Gasteiger partial charge on any atom is 0.323 e. The largest absolute Gasteiger partial charge is 0.480 e. The smallest absolute Gasteiger partial charge is 0.323 e. The summed E-state index contributed by atoms with van der Waals surface area (Å²) in [4.78, 5) is 13.9. The van der Waals surface area contributed by atoms with Crippen LogP contribution in [0.3, 0.4) is 0 Å². The van der Waals surface area contributed by atoms with E-state index in [9.17, 15) is 9.90 Å². The lowest BCUT2D eigenvalue weighted by molar-refractivity contribution is -0.145. The van der Waals surface area contributed by atoms with Crippen LogP contribution in [-0.2, 0) is 9.53 Å². The van der Waals surface area contributed by atoms with Gasteiger partial charge in [0.15, 0.2) is 0 Å². The highest BCUT2D eigenvalue weighted by Gasteiger charge is 2.40. The van der Waals surface area contributed by atoms with Crippen LogP contribution in [0.25, 0.3) is 0 Å². The molecule has 0 aromatic carbocycles. The maximum atomic E-state index is 11.6. The number of nitrogens with zero attached hydrogens (tertiary/aromatic N) is 1. The average Bonchev–Trinajstić information content (AvgIpc) is 3.12. The van der Waals surface area contributed by atoms with Crippen molar-refractivity contribution in [3.63, 3.8) is 0 Å². The van der Waals surface area contributed by atoms with E-state index < -0.39 is 11.5 Å². The summed E-state index contributed by atoms with van der Waals surface area (Å²) in [5.41, 5.74) is -0.817. The number of ether oxygens (including phenoxy) is 1. The molecule has 1 heterocycles. The van der Waals surface area contributed by atoms with Crippen LogP contribution in [-0.4, -0.2) is 59.4 Å². The molecule has 5 nitrogen and oxygen atoms in total. The van der Waals surface area contributed by atoms with E-state index in [1.165, 1.54) is 0 Å². The molecule has 3 atom stereocenters. The number of carbonyl (C=O) groups is 1. The van der Waals surface area contributed by atoms with E-state index in [4.69, 9.17) is 4.74 Å². The zero-order chi connectivity index (χ0) is 14.0. The fraction of sp³-hybridized carbons (Fsp3) is 0.929. The van der Waals surface area contributed by atoms with Gasteiger partial charge in [0.05, 0.1) is 12.7 Å². The Kier molecular flexibility index (Phi) is 4.48. The van der Waals surface area contributed by atoms with Crippen molar-refractivity contribution in [1.82, 2.24) is 10.2 Å². The number of hydrogen-bond acceptors (Lipinski definition) is 4. The predicted octanol–water partition coefficient (Wildman–Crippen LogP) is 1.08. The molecule has 1 aliphatic heterocycles. The highest BCUT2D eigenvalue weighted by molar-refractivity contribution is 5.78. The van der Waals surface area contributed by atoms with Gasteiger partial charge in [0.2, 0.25) is 0 Å². The summed E-state index contributed by atoms with van der Waals surface area (Å²) in [6, 6.07) is 0.649. The molecule has 2 N–H and O–H groups in total. The van der Waals surface area contributed by atoms with Crippen molar-refractivity contribution in [2.45, 2.75) is 63.8 Å². The van der Waals surface area contributed by atoms with Gasteiger partial charge in [-0.15, -0.1) is 0 Å². The van der Waals surface area contributed by atoms with Gasteiger partial charge < -0.3 is 9.84 Å². The summed E-state index contributed by atoms with van der Waals surface area (Å²) in [5.74, 6) is -0.743. The fourth-order valence-electron chi connectivity index (χ4n) is 2.85. The zero-order valence-electron chi connectivity index (χ0n) is 12.2. The van der Waals surface area contributed by atoms with Crippen molar-refractivity contribution >= 4 is 5.97 Å². The minimum atomic E-state index is -0.817. The quantitative estimate of drug-likeness (QED) is 0.756. The molecule has 110 valence electrons. The SMILES string of the molecule is CC1CN(C(C)CC(C)(NC2CC2)C(=O)O)CCO1. The Morgan fingerprint density at radius 1 is 1.58 bits per heavy atom. The third-order valence-corrected chi connectivity index (χ3v) is 4.17. The number of rotatable bonds is 6. The molecule has 0 spiro atoms. The third-order valence-electron chi connectivity index (χ3n) is 4.17. The van der Waals surface area contributed by atoms with E-state index in [1.807, 2.05) is 6.92 Å². The Bertz CT molecular complexity index is 333. The molecule has 2 fully saturated rings. The van der Waals surface area contributed by atoms with E-state index in [2.05, 4.69) is 24.1 Å². The molecule has 3 unspecified atom stereocenters. The Morgan fingerprint density at radius 2 is 2.26 bits per heavy atom. The van der Waals surface area contributed by atoms with Crippen molar-refractivity contribution in [2.75, 3.05) is 19.7 Å². The van der Waals surface area contributed by atoms with Crippen molar-refractivity contribution in [3.05, 3.63) is 0 Å². The molecule has 0 radical (unpaired) electrons. The van der Waals surface area contributed by atoms with Gasteiger partial charge in [-0.25, -0.2) is 0 Å². The van der Waals surface area contributed by atoms with Crippen LogP contribution >= 0.6 is 0 Å². The van der Waals surface area contributed by atoms with Crippen molar-refractivity contribution in [2.24, 2.45) is 0 Å². The first-order valence-corrected chi connectivity index (χ1v) is 7.27. The number of aliphatic carboxylic acids is 1. The summed E-state index contributed by atoms with van der Waals surface area (Å²) < 4.78 is 5.54. The van der Waals surface area contributed by atoms with Crippen LogP contribution in [0.4, 0.5) is 0 Å². The van der Waals surface area contributed by atoms with Crippen LogP contribution in [0.1, 0.15) is 40.0 Å². The Balaban J connectivity index is 1.93. The van der Waals surface area contributed by atoms with E-state index >= 15 is 0 Å². The molecule has 1 aliphatic carbocycles. The lowest BCUT2D eigenvalue weighted by Crippen LogP contribution is -2.56. The summed E-state index contributed by atoms with van der Waals surface area (Å²) in [5, 5.41) is 12.8. The minimum Gasteiger partial charge on any atom is -0.480 e. The molecule has 2 rings (SSSR count). The molecular weight excluding hydrogens is 244 g/mol. The fourth-order valence-corrected chi connectivity index (χ4v) is 2.85. The van der Waals surface area contributed by atoms with Crippen LogP contribution in [0.2, 0.25) is 0 Å². The monoisotopic (exact) mass is 270 g/mol. The Hall–Kier alpha value is -0.650. The molecule has 19 heavy (non-hydrogen) atoms. The molecule has 0 aromatic rings. The number of carboxylic acid groups (broad SMARTS) is 1. The number of carboxylic acids is 1. The van der Waals surface area contributed by atoms with Crippen LogP contribution < -0.4 is 5.32 Å². The second-order valence-electron chi connectivity index (χ2n) is 6.29. The predicted molar refractivity (Wildman–Crippen MR) is 73.3 cm³/mol. The van der Waals surface area contributed by atoms with Gasteiger partial charge in [-0.1, -0.05) is 0 Å². The molecular formula is C14H26N2O3. The summed E-state index contributed by atoms with van der Waals surface area (Å²) >= 11 is 0. The van der Waals surface area contributed by atoms with Crippen LogP contribution in [0.5, 0.6) is 0 Å². The second-order valence-corrected chi connectivity index (χ2v) is 6.29. The van der Waals surface area contributed by atoms with Crippen molar-refractivity contribution < 1.29 is 14.6 Å². The molecule has 5 heteroatoms. The van der Waals surface area contributed by atoms with Crippen molar-refractivity contribution in [3.8, 4) is 0 Å². The van der Waals surface area contributed by atoms with Gasteiger partial charge >= 0.3 is 5.97 Å². The first-order valence-electron chi connectivity index (χ1n) is 7.27. The number of nitrogens with one attached hydrogen (secondary N) is 1.